The van der Waals surface area contributed by atoms with Crippen molar-refractivity contribution in [3.8, 4) is 11.8 Å². The van der Waals surface area contributed by atoms with Gasteiger partial charge in [0.05, 0.1) is 6.61 Å². The van der Waals surface area contributed by atoms with Crippen molar-refractivity contribution in [1.82, 2.24) is 0 Å². The number of ether oxygens (including phenoxy) is 1. The Labute approximate surface area is 250 Å². The Morgan fingerprint density at radius 2 is 1.70 bits per heavy atom. The SMILES string of the molecule is CC#C[C@@]1(O)OCC[C@H]2[C@@H]3CCC4=CC(=O)CCC4=C3C(c3ccc(N(C)C)cc3)C[C@@]21C.S.S.S.S. The summed E-state index contributed by atoms with van der Waals surface area (Å²) in [5.74, 6) is 5.72. The van der Waals surface area contributed by atoms with E-state index in [1.165, 1.54) is 28.0 Å². The maximum Gasteiger partial charge on any atom is 0.236 e. The van der Waals surface area contributed by atoms with Gasteiger partial charge >= 0.3 is 0 Å². The summed E-state index contributed by atoms with van der Waals surface area (Å²) < 4.78 is 6.02. The Kier molecular flexibility index (Phi) is 11.9. The van der Waals surface area contributed by atoms with Gasteiger partial charge in [-0.25, -0.2) is 0 Å². The number of allylic oxidation sites excluding steroid dienone is 4. The third kappa shape index (κ3) is 5.69. The molecule has 1 unspecified atom stereocenters. The van der Waals surface area contributed by atoms with Crippen molar-refractivity contribution >= 4 is 65.5 Å². The minimum absolute atomic E-state index is 0. The lowest BCUT2D eigenvalue weighted by Gasteiger charge is -2.59. The van der Waals surface area contributed by atoms with E-state index in [0.29, 0.717) is 24.9 Å². The fraction of sp³-hybridized carbons (Fsp3) is 0.552. The average molecular weight is 582 g/mol. The smallest absolute Gasteiger partial charge is 0.236 e. The van der Waals surface area contributed by atoms with Crippen LogP contribution in [-0.2, 0) is 9.53 Å². The van der Waals surface area contributed by atoms with Crippen LogP contribution in [-0.4, -0.2) is 37.4 Å². The number of hydrogen-bond acceptors (Lipinski definition) is 4. The molecule has 2 fully saturated rings. The molecule has 1 saturated heterocycles. The second-order valence-corrected chi connectivity index (χ2v) is 10.6. The van der Waals surface area contributed by atoms with Crippen molar-refractivity contribution in [1.29, 1.82) is 0 Å². The van der Waals surface area contributed by atoms with E-state index in [1.54, 1.807) is 6.92 Å². The fourth-order valence-electron chi connectivity index (χ4n) is 7.08. The highest BCUT2D eigenvalue weighted by molar-refractivity contribution is 7.59. The lowest BCUT2D eigenvalue weighted by molar-refractivity contribution is -0.285. The van der Waals surface area contributed by atoms with E-state index < -0.39 is 11.2 Å². The van der Waals surface area contributed by atoms with Crippen LogP contribution in [0.1, 0.15) is 63.9 Å². The molecule has 1 aromatic carbocycles. The summed E-state index contributed by atoms with van der Waals surface area (Å²) in [4.78, 5) is 14.3. The van der Waals surface area contributed by atoms with Crippen molar-refractivity contribution < 1.29 is 14.6 Å². The molecule has 1 aliphatic heterocycles. The lowest BCUT2D eigenvalue weighted by atomic mass is 9.49. The van der Waals surface area contributed by atoms with E-state index in [-0.39, 0.29) is 65.7 Å². The number of carbonyl (C=O) groups is 1. The fourth-order valence-corrected chi connectivity index (χ4v) is 7.08. The molecule has 5 rings (SSSR count). The monoisotopic (exact) mass is 581 g/mol. The highest BCUT2D eigenvalue weighted by Crippen LogP contribution is 2.64. The molecule has 1 saturated carbocycles. The largest absolute Gasteiger partial charge is 0.378 e. The maximum atomic E-state index is 12.2. The molecule has 3 aliphatic carbocycles. The topological polar surface area (TPSA) is 49.8 Å². The van der Waals surface area contributed by atoms with Gasteiger partial charge in [0.1, 0.15) is 0 Å². The van der Waals surface area contributed by atoms with Gasteiger partial charge in [-0.05, 0) is 91.7 Å². The molecule has 4 aliphatic rings. The first-order valence-electron chi connectivity index (χ1n) is 12.3. The van der Waals surface area contributed by atoms with Crippen LogP contribution in [0, 0.1) is 29.1 Å². The van der Waals surface area contributed by atoms with E-state index in [4.69, 9.17) is 4.74 Å². The summed E-state index contributed by atoms with van der Waals surface area (Å²) in [6.45, 7) is 4.51. The number of hydrogen-bond donors (Lipinski definition) is 1. The number of ketones is 1. The summed E-state index contributed by atoms with van der Waals surface area (Å²) in [6, 6.07) is 8.86. The Bertz CT molecular complexity index is 1100. The van der Waals surface area contributed by atoms with Crippen molar-refractivity contribution in [3.63, 3.8) is 0 Å². The molecule has 0 radical (unpaired) electrons. The number of nitrogens with zero attached hydrogens (tertiary/aromatic N) is 1. The van der Waals surface area contributed by atoms with Crippen LogP contribution in [0.25, 0.3) is 0 Å². The van der Waals surface area contributed by atoms with E-state index in [9.17, 15) is 9.90 Å². The van der Waals surface area contributed by atoms with Gasteiger partial charge in [0.25, 0.3) is 0 Å². The number of aliphatic hydroxyl groups is 1. The number of carbonyl (C=O) groups excluding carboxylic acids is 1. The molecule has 4 nitrogen and oxygen atoms in total. The molecule has 1 aromatic rings. The van der Waals surface area contributed by atoms with Crippen molar-refractivity contribution in [2.75, 3.05) is 25.6 Å². The molecule has 0 spiro atoms. The molecular formula is C29H43NO3S4. The summed E-state index contributed by atoms with van der Waals surface area (Å²) in [6.07, 6.45) is 7.08. The van der Waals surface area contributed by atoms with Gasteiger partial charge in [-0.1, -0.05) is 24.6 Å². The van der Waals surface area contributed by atoms with Crippen LogP contribution in [0.2, 0.25) is 0 Å². The summed E-state index contributed by atoms with van der Waals surface area (Å²) in [7, 11) is 4.12. The minimum atomic E-state index is -1.43. The third-order valence-corrected chi connectivity index (χ3v) is 8.74. The van der Waals surface area contributed by atoms with Crippen LogP contribution in [0.15, 0.2) is 47.1 Å². The first kappa shape index (κ1) is 34.1. The summed E-state index contributed by atoms with van der Waals surface area (Å²) in [5.41, 5.74) is 6.20. The van der Waals surface area contributed by atoms with E-state index in [0.717, 1.165) is 32.1 Å². The molecule has 0 amide bonds. The molecule has 1 N–H and O–H groups in total. The normalized spacial score (nSPS) is 31.6. The average Bonchev–Trinajstić information content (AvgIpc) is 2.79. The standard InChI is InChI=1S/C29H35NO3.4H2S/c1-5-15-29(32)28(2)18-25(19-6-9-21(10-7-19)30(3)4)27-23-13-11-22(31)17-20(23)8-12-24(27)26(28)14-16-33-29;;;;/h6-7,9-10,17,24-26,32H,8,11-14,16,18H2,1-4H3;4*1H2/t24-,25?,26-,28-,29+;;;;/m0..../s1. The Morgan fingerprint density at radius 1 is 1.03 bits per heavy atom. The van der Waals surface area contributed by atoms with Crippen molar-refractivity contribution in [2.24, 2.45) is 17.3 Å². The van der Waals surface area contributed by atoms with Crippen LogP contribution >= 0.6 is 54.0 Å². The zero-order valence-corrected chi connectivity index (χ0v) is 26.3. The Morgan fingerprint density at radius 3 is 2.32 bits per heavy atom. The number of rotatable bonds is 2. The minimum Gasteiger partial charge on any atom is -0.378 e. The summed E-state index contributed by atoms with van der Waals surface area (Å²) >= 11 is 0. The predicted molar refractivity (Wildman–Crippen MR) is 172 cm³/mol. The molecular weight excluding hydrogens is 539 g/mol. The molecule has 0 bridgehead atoms. The zero-order chi connectivity index (χ0) is 23.4. The van der Waals surface area contributed by atoms with Crippen LogP contribution < -0.4 is 4.90 Å². The van der Waals surface area contributed by atoms with Gasteiger partial charge in [-0.2, -0.15) is 54.0 Å². The van der Waals surface area contributed by atoms with E-state index in [2.05, 4.69) is 62.0 Å². The molecule has 1 heterocycles. The van der Waals surface area contributed by atoms with Crippen LogP contribution in [0.5, 0.6) is 0 Å². The first-order valence-corrected chi connectivity index (χ1v) is 12.3. The van der Waals surface area contributed by atoms with Crippen LogP contribution in [0.4, 0.5) is 5.69 Å². The highest BCUT2D eigenvalue weighted by atomic mass is 32.1. The number of fused-ring (bicyclic) bond motifs is 4. The highest BCUT2D eigenvalue weighted by Gasteiger charge is 2.61. The van der Waals surface area contributed by atoms with Gasteiger partial charge in [-0.3, -0.25) is 4.79 Å². The van der Waals surface area contributed by atoms with E-state index >= 15 is 0 Å². The maximum absolute atomic E-state index is 12.2. The molecule has 206 valence electrons. The number of anilines is 1. The number of benzene rings is 1. The van der Waals surface area contributed by atoms with Crippen molar-refractivity contribution in [3.05, 3.63) is 52.6 Å². The van der Waals surface area contributed by atoms with Gasteiger partial charge < -0.3 is 14.7 Å². The lowest BCUT2D eigenvalue weighted by Crippen LogP contribution is -2.60. The molecule has 5 atom stereocenters. The van der Waals surface area contributed by atoms with Crippen LogP contribution in [0.3, 0.4) is 0 Å². The molecule has 37 heavy (non-hydrogen) atoms. The van der Waals surface area contributed by atoms with Gasteiger partial charge in [-0.15, -0.1) is 5.92 Å². The summed E-state index contributed by atoms with van der Waals surface area (Å²) in [5, 5.41) is 11.7. The van der Waals surface area contributed by atoms with Gasteiger partial charge in [0, 0.05) is 37.5 Å². The molecule has 0 aromatic heterocycles. The van der Waals surface area contributed by atoms with Crippen molar-refractivity contribution in [2.45, 2.75) is 64.1 Å². The van der Waals surface area contributed by atoms with Gasteiger partial charge in [0.15, 0.2) is 5.78 Å². The third-order valence-electron chi connectivity index (χ3n) is 8.74. The quantitative estimate of drug-likeness (QED) is 0.473. The second kappa shape index (κ2) is 12.9. The zero-order valence-electron chi connectivity index (χ0n) is 22.3. The predicted octanol–water partition coefficient (Wildman–Crippen LogP) is 5.44. The van der Waals surface area contributed by atoms with E-state index in [1.807, 2.05) is 6.08 Å². The second-order valence-electron chi connectivity index (χ2n) is 10.6. The molecule has 8 heteroatoms. The first-order chi connectivity index (χ1) is 15.8. The Balaban J connectivity index is 0.00000171. The van der Waals surface area contributed by atoms with Gasteiger partial charge in [0.2, 0.25) is 5.79 Å². The Hall–Kier alpha value is -0.950.